The van der Waals surface area contributed by atoms with Crippen LogP contribution >= 0.6 is 0 Å². The number of hydrogen-bond donors (Lipinski definition) is 2. The van der Waals surface area contributed by atoms with E-state index in [1.165, 1.54) is 11.1 Å². The van der Waals surface area contributed by atoms with Crippen molar-refractivity contribution in [3.05, 3.63) is 59.2 Å². The standard InChI is InChI=1S/C21H30N4O2/c1-22-21(23-13-16-7-6-8-18(11-16)15-25(2)3)24-14-17-9-10-19(26-4)20(12-17)27-5/h6-12H,13-15H2,1-5H3,(H2,22,23,24). The van der Waals surface area contributed by atoms with Crippen LogP contribution in [0.15, 0.2) is 47.5 Å². The molecule has 0 fully saturated rings. The van der Waals surface area contributed by atoms with Crippen molar-refractivity contribution >= 4 is 5.96 Å². The normalized spacial score (nSPS) is 11.4. The highest BCUT2D eigenvalue weighted by molar-refractivity contribution is 5.79. The summed E-state index contributed by atoms with van der Waals surface area (Å²) in [6.07, 6.45) is 0. The van der Waals surface area contributed by atoms with Gasteiger partial charge in [-0.1, -0.05) is 30.3 Å². The van der Waals surface area contributed by atoms with Crippen molar-refractivity contribution in [2.45, 2.75) is 19.6 Å². The number of aliphatic imine (C=N–C) groups is 1. The van der Waals surface area contributed by atoms with Crippen LogP contribution in [-0.4, -0.2) is 46.2 Å². The number of methoxy groups -OCH3 is 2. The molecule has 0 unspecified atom stereocenters. The third-order valence-corrected chi connectivity index (χ3v) is 4.08. The highest BCUT2D eigenvalue weighted by Crippen LogP contribution is 2.27. The van der Waals surface area contributed by atoms with Crippen LogP contribution in [0.25, 0.3) is 0 Å². The number of nitrogens with zero attached hydrogens (tertiary/aromatic N) is 2. The molecule has 0 aliphatic carbocycles. The fourth-order valence-corrected chi connectivity index (χ4v) is 2.79. The largest absolute Gasteiger partial charge is 0.493 e. The number of benzene rings is 2. The lowest BCUT2D eigenvalue weighted by Crippen LogP contribution is -2.36. The first-order valence-corrected chi connectivity index (χ1v) is 8.93. The third-order valence-electron chi connectivity index (χ3n) is 4.08. The zero-order valence-corrected chi connectivity index (χ0v) is 16.9. The summed E-state index contributed by atoms with van der Waals surface area (Å²) in [6, 6.07) is 14.4. The summed E-state index contributed by atoms with van der Waals surface area (Å²) in [5.74, 6) is 2.20. The lowest BCUT2D eigenvalue weighted by atomic mass is 10.1. The molecule has 6 nitrogen and oxygen atoms in total. The van der Waals surface area contributed by atoms with Crippen molar-refractivity contribution in [1.29, 1.82) is 0 Å². The van der Waals surface area contributed by atoms with E-state index in [1.54, 1.807) is 21.3 Å². The van der Waals surface area contributed by atoms with Gasteiger partial charge in [-0.2, -0.15) is 0 Å². The number of rotatable bonds is 8. The molecule has 2 aromatic carbocycles. The van der Waals surface area contributed by atoms with Crippen LogP contribution in [0.5, 0.6) is 11.5 Å². The predicted molar refractivity (Wildman–Crippen MR) is 110 cm³/mol. The minimum atomic E-state index is 0.640. The first kappa shape index (κ1) is 20.6. The predicted octanol–water partition coefficient (Wildman–Crippen LogP) is 2.63. The molecule has 0 bridgehead atoms. The Kier molecular flexibility index (Phi) is 7.95. The number of ether oxygens (including phenoxy) is 2. The molecule has 0 amide bonds. The van der Waals surface area contributed by atoms with Gasteiger partial charge in [0.15, 0.2) is 17.5 Å². The van der Waals surface area contributed by atoms with Gasteiger partial charge in [-0.05, 0) is 42.9 Å². The SMILES string of the molecule is CN=C(NCc1cccc(CN(C)C)c1)NCc1ccc(OC)c(OC)c1. The van der Waals surface area contributed by atoms with Gasteiger partial charge in [0.05, 0.1) is 14.2 Å². The van der Waals surface area contributed by atoms with Gasteiger partial charge in [0.25, 0.3) is 0 Å². The monoisotopic (exact) mass is 370 g/mol. The van der Waals surface area contributed by atoms with E-state index in [0.717, 1.165) is 29.6 Å². The average molecular weight is 370 g/mol. The highest BCUT2D eigenvalue weighted by atomic mass is 16.5. The third kappa shape index (κ3) is 6.49. The Morgan fingerprint density at radius 3 is 2.11 bits per heavy atom. The van der Waals surface area contributed by atoms with Crippen LogP contribution in [0.1, 0.15) is 16.7 Å². The second-order valence-electron chi connectivity index (χ2n) is 6.53. The van der Waals surface area contributed by atoms with Gasteiger partial charge in [-0.15, -0.1) is 0 Å². The molecule has 0 saturated carbocycles. The summed E-state index contributed by atoms with van der Waals surface area (Å²) < 4.78 is 10.6. The van der Waals surface area contributed by atoms with Crippen molar-refractivity contribution in [1.82, 2.24) is 15.5 Å². The Labute approximate surface area is 162 Å². The Morgan fingerprint density at radius 2 is 1.52 bits per heavy atom. The molecule has 27 heavy (non-hydrogen) atoms. The van der Waals surface area contributed by atoms with Crippen LogP contribution in [0.4, 0.5) is 0 Å². The maximum Gasteiger partial charge on any atom is 0.191 e. The van der Waals surface area contributed by atoms with E-state index < -0.39 is 0 Å². The van der Waals surface area contributed by atoms with E-state index in [1.807, 2.05) is 18.2 Å². The van der Waals surface area contributed by atoms with Crippen molar-refractivity contribution < 1.29 is 9.47 Å². The van der Waals surface area contributed by atoms with Gasteiger partial charge in [-0.25, -0.2) is 0 Å². The summed E-state index contributed by atoms with van der Waals surface area (Å²) in [5.41, 5.74) is 3.61. The molecule has 0 atom stereocenters. The van der Waals surface area contributed by atoms with E-state index in [0.29, 0.717) is 13.1 Å². The minimum absolute atomic E-state index is 0.640. The molecule has 146 valence electrons. The van der Waals surface area contributed by atoms with E-state index >= 15 is 0 Å². The van der Waals surface area contributed by atoms with Gasteiger partial charge < -0.3 is 25.0 Å². The Morgan fingerprint density at radius 1 is 0.889 bits per heavy atom. The molecular weight excluding hydrogens is 340 g/mol. The van der Waals surface area contributed by atoms with Crippen molar-refractivity contribution in [3.63, 3.8) is 0 Å². The summed E-state index contributed by atoms with van der Waals surface area (Å²) in [6.45, 7) is 2.29. The van der Waals surface area contributed by atoms with E-state index in [2.05, 4.69) is 58.9 Å². The fourth-order valence-electron chi connectivity index (χ4n) is 2.79. The smallest absolute Gasteiger partial charge is 0.191 e. The van der Waals surface area contributed by atoms with Crippen molar-refractivity contribution in [2.24, 2.45) is 4.99 Å². The second kappa shape index (κ2) is 10.4. The quantitative estimate of drug-likeness (QED) is 0.553. The molecule has 0 aliphatic rings. The van der Waals surface area contributed by atoms with Crippen LogP contribution in [0.3, 0.4) is 0 Å². The molecule has 2 aromatic rings. The number of guanidine groups is 1. The van der Waals surface area contributed by atoms with E-state index in [4.69, 9.17) is 9.47 Å². The summed E-state index contributed by atoms with van der Waals surface area (Å²) in [5, 5.41) is 6.68. The maximum atomic E-state index is 5.35. The van der Waals surface area contributed by atoms with Crippen LogP contribution < -0.4 is 20.1 Å². The maximum absolute atomic E-state index is 5.35. The van der Waals surface area contributed by atoms with Gasteiger partial charge in [0.2, 0.25) is 0 Å². The fraction of sp³-hybridized carbons (Fsp3) is 0.381. The molecule has 0 saturated heterocycles. The van der Waals surface area contributed by atoms with Gasteiger partial charge in [0, 0.05) is 26.7 Å². The minimum Gasteiger partial charge on any atom is -0.493 e. The molecule has 2 rings (SSSR count). The summed E-state index contributed by atoms with van der Waals surface area (Å²) in [7, 11) is 9.19. The van der Waals surface area contributed by atoms with Crippen molar-refractivity contribution in [2.75, 3.05) is 35.4 Å². The van der Waals surface area contributed by atoms with Crippen molar-refractivity contribution in [3.8, 4) is 11.5 Å². The van der Waals surface area contributed by atoms with Crippen LogP contribution in [-0.2, 0) is 19.6 Å². The second-order valence-corrected chi connectivity index (χ2v) is 6.53. The van der Waals surface area contributed by atoms with Crippen LogP contribution in [0.2, 0.25) is 0 Å². The number of hydrogen-bond acceptors (Lipinski definition) is 4. The molecule has 0 radical (unpaired) electrons. The molecular formula is C21H30N4O2. The lowest BCUT2D eigenvalue weighted by Gasteiger charge is -2.14. The Hall–Kier alpha value is -2.73. The zero-order chi connectivity index (χ0) is 19.6. The van der Waals surface area contributed by atoms with Gasteiger partial charge >= 0.3 is 0 Å². The Bertz CT molecular complexity index is 760. The van der Waals surface area contributed by atoms with Crippen LogP contribution in [0, 0.1) is 0 Å². The summed E-state index contributed by atoms with van der Waals surface area (Å²) in [4.78, 5) is 6.46. The van der Waals surface area contributed by atoms with E-state index in [9.17, 15) is 0 Å². The molecule has 0 aliphatic heterocycles. The topological polar surface area (TPSA) is 58.1 Å². The molecule has 6 heteroatoms. The highest BCUT2D eigenvalue weighted by Gasteiger charge is 2.06. The molecule has 2 N–H and O–H groups in total. The first-order chi connectivity index (χ1) is 13.0. The van der Waals surface area contributed by atoms with Gasteiger partial charge in [0.1, 0.15) is 0 Å². The van der Waals surface area contributed by atoms with E-state index in [-0.39, 0.29) is 0 Å². The molecule has 0 aromatic heterocycles. The first-order valence-electron chi connectivity index (χ1n) is 8.93. The summed E-state index contributed by atoms with van der Waals surface area (Å²) >= 11 is 0. The lowest BCUT2D eigenvalue weighted by molar-refractivity contribution is 0.354. The average Bonchev–Trinajstić information content (AvgIpc) is 2.67. The Balaban J connectivity index is 1.91. The zero-order valence-electron chi connectivity index (χ0n) is 16.9. The molecule has 0 spiro atoms. The van der Waals surface area contributed by atoms with Gasteiger partial charge in [-0.3, -0.25) is 4.99 Å². The number of nitrogens with one attached hydrogen (secondary N) is 2. The molecule has 0 heterocycles.